The standard InChI is InChI=1S/C16H15FN6O3/c1-7-4-8(2-3-9(7)17)6-20-14(24)10-5-11(15(25)26)23-13(21-10)12(18)22-16(23)19/h2-5H,6,18H2,1H3,(H2,19,22)(H,20,24)(H,25,26). The average Bonchev–Trinajstić information content (AvgIpc) is 2.89. The molecule has 2 heterocycles. The van der Waals surface area contributed by atoms with Crippen LogP contribution in [0.1, 0.15) is 32.1 Å². The number of nitrogens with zero attached hydrogens (tertiary/aromatic N) is 3. The van der Waals surface area contributed by atoms with Crippen molar-refractivity contribution in [1.82, 2.24) is 19.7 Å². The number of anilines is 2. The van der Waals surface area contributed by atoms with E-state index < -0.39 is 11.9 Å². The molecule has 0 aliphatic heterocycles. The minimum absolute atomic E-state index is 0.0230. The number of carbonyl (C=O) groups is 2. The van der Waals surface area contributed by atoms with Crippen LogP contribution in [0, 0.1) is 12.7 Å². The first-order valence-electron chi connectivity index (χ1n) is 7.49. The Balaban J connectivity index is 1.91. The summed E-state index contributed by atoms with van der Waals surface area (Å²) in [5.41, 5.74) is 12.0. The highest BCUT2D eigenvalue weighted by Crippen LogP contribution is 2.19. The summed E-state index contributed by atoms with van der Waals surface area (Å²) in [6.45, 7) is 1.73. The molecular formula is C16H15FN6O3. The minimum Gasteiger partial charge on any atom is -0.477 e. The number of imidazole rings is 1. The summed E-state index contributed by atoms with van der Waals surface area (Å²) in [5.74, 6) is -2.50. The molecule has 9 nitrogen and oxygen atoms in total. The Morgan fingerprint density at radius 1 is 1.27 bits per heavy atom. The lowest BCUT2D eigenvalue weighted by Crippen LogP contribution is -2.25. The number of aromatic nitrogens is 3. The summed E-state index contributed by atoms with van der Waals surface area (Å²) >= 11 is 0. The van der Waals surface area contributed by atoms with Crippen LogP contribution >= 0.6 is 0 Å². The van der Waals surface area contributed by atoms with Crippen LogP contribution < -0.4 is 16.8 Å². The number of halogens is 1. The molecule has 0 saturated heterocycles. The van der Waals surface area contributed by atoms with Crippen molar-refractivity contribution in [1.29, 1.82) is 0 Å². The highest BCUT2D eigenvalue weighted by atomic mass is 19.1. The van der Waals surface area contributed by atoms with Crippen LogP contribution in [-0.4, -0.2) is 31.4 Å². The largest absolute Gasteiger partial charge is 0.477 e. The molecule has 0 atom stereocenters. The van der Waals surface area contributed by atoms with Crippen LogP contribution in [0.5, 0.6) is 0 Å². The molecule has 2 aromatic heterocycles. The molecule has 0 unspecified atom stereocenters. The number of carbonyl (C=O) groups excluding carboxylic acids is 1. The molecular weight excluding hydrogens is 343 g/mol. The smallest absolute Gasteiger partial charge is 0.353 e. The Hall–Kier alpha value is -3.69. The van der Waals surface area contributed by atoms with Crippen LogP contribution in [-0.2, 0) is 6.54 Å². The molecule has 26 heavy (non-hydrogen) atoms. The lowest BCUT2D eigenvalue weighted by atomic mass is 10.1. The predicted octanol–water partition coefficient (Wildman–Crippen LogP) is 0.969. The van der Waals surface area contributed by atoms with Crippen LogP contribution in [0.3, 0.4) is 0 Å². The van der Waals surface area contributed by atoms with E-state index in [4.69, 9.17) is 11.5 Å². The number of carboxylic acids is 1. The number of nitrogens with two attached hydrogens (primary N) is 2. The first-order valence-corrected chi connectivity index (χ1v) is 7.49. The van der Waals surface area contributed by atoms with Crippen molar-refractivity contribution in [3.05, 3.63) is 52.6 Å². The van der Waals surface area contributed by atoms with E-state index in [1.165, 1.54) is 12.1 Å². The van der Waals surface area contributed by atoms with Gasteiger partial charge in [0, 0.05) is 12.6 Å². The van der Waals surface area contributed by atoms with Gasteiger partial charge in [0.15, 0.2) is 11.5 Å². The zero-order valence-corrected chi connectivity index (χ0v) is 13.7. The lowest BCUT2D eigenvalue weighted by molar-refractivity contribution is 0.0688. The number of hydrogen-bond donors (Lipinski definition) is 4. The molecule has 0 bridgehead atoms. The zero-order chi connectivity index (χ0) is 19.0. The van der Waals surface area contributed by atoms with E-state index in [-0.39, 0.29) is 41.2 Å². The third kappa shape index (κ3) is 2.99. The molecule has 0 saturated carbocycles. The van der Waals surface area contributed by atoms with Crippen molar-refractivity contribution >= 4 is 29.3 Å². The van der Waals surface area contributed by atoms with E-state index in [0.29, 0.717) is 11.1 Å². The fourth-order valence-corrected chi connectivity index (χ4v) is 2.50. The number of aromatic carboxylic acids is 1. The van der Waals surface area contributed by atoms with Gasteiger partial charge in [0.05, 0.1) is 0 Å². The van der Waals surface area contributed by atoms with Crippen molar-refractivity contribution in [3.63, 3.8) is 0 Å². The molecule has 6 N–H and O–H groups in total. The lowest BCUT2D eigenvalue weighted by Gasteiger charge is -2.08. The van der Waals surface area contributed by atoms with Gasteiger partial charge in [0.2, 0.25) is 5.95 Å². The summed E-state index contributed by atoms with van der Waals surface area (Å²) < 4.78 is 14.3. The predicted molar refractivity (Wildman–Crippen MR) is 91.1 cm³/mol. The van der Waals surface area contributed by atoms with Crippen molar-refractivity contribution in [2.45, 2.75) is 13.5 Å². The second-order valence-electron chi connectivity index (χ2n) is 5.61. The van der Waals surface area contributed by atoms with E-state index in [1.807, 2.05) is 0 Å². The molecule has 3 aromatic rings. The molecule has 0 radical (unpaired) electrons. The first kappa shape index (κ1) is 17.1. The van der Waals surface area contributed by atoms with Crippen molar-refractivity contribution in [3.8, 4) is 0 Å². The highest BCUT2D eigenvalue weighted by molar-refractivity contribution is 5.97. The number of aryl methyl sites for hydroxylation is 1. The monoisotopic (exact) mass is 358 g/mol. The van der Waals surface area contributed by atoms with Crippen LogP contribution in [0.2, 0.25) is 0 Å². The SMILES string of the molecule is Cc1cc(CNC(=O)c2cc(C(=O)O)n3c(N)nc(N)c3n2)ccc1F. The van der Waals surface area contributed by atoms with Gasteiger partial charge in [-0.15, -0.1) is 0 Å². The van der Waals surface area contributed by atoms with Crippen molar-refractivity contribution in [2.75, 3.05) is 11.5 Å². The maximum atomic E-state index is 13.3. The van der Waals surface area contributed by atoms with Crippen LogP contribution in [0.25, 0.3) is 5.65 Å². The molecule has 0 fully saturated rings. The number of rotatable bonds is 4. The second-order valence-corrected chi connectivity index (χ2v) is 5.61. The van der Waals surface area contributed by atoms with Gasteiger partial charge in [-0.2, -0.15) is 4.98 Å². The van der Waals surface area contributed by atoms with Gasteiger partial charge in [0.1, 0.15) is 17.2 Å². The van der Waals surface area contributed by atoms with Gasteiger partial charge in [-0.1, -0.05) is 12.1 Å². The van der Waals surface area contributed by atoms with Gasteiger partial charge >= 0.3 is 5.97 Å². The molecule has 3 rings (SSSR count). The average molecular weight is 358 g/mol. The number of benzene rings is 1. The Morgan fingerprint density at radius 2 is 2.00 bits per heavy atom. The topological polar surface area (TPSA) is 149 Å². The van der Waals surface area contributed by atoms with E-state index >= 15 is 0 Å². The first-order chi connectivity index (χ1) is 12.3. The molecule has 10 heteroatoms. The number of amides is 1. The van der Waals surface area contributed by atoms with Crippen molar-refractivity contribution < 1.29 is 19.1 Å². The Bertz CT molecular complexity index is 1050. The van der Waals surface area contributed by atoms with Crippen LogP contribution in [0.15, 0.2) is 24.3 Å². The van der Waals surface area contributed by atoms with Gasteiger partial charge in [-0.3, -0.25) is 9.20 Å². The van der Waals surface area contributed by atoms with E-state index in [0.717, 1.165) is 10.5 Å². The van der Waals surface area contributed by atoms with Crippen LogP contribution in [0.4, 0.5) is 16.2 Å². The summed E-state index contributed by atoms with van der Waals surface area (Å²) in [5, 5.41) is 11.9. The normalized spacial score (nSPS) is 10.8. The number of fused-ring (bicyclic) bond motifs is 1. The fourth-order valence-electron chi connectivity index (χ4n) is 2.50. The van der Waals surface area contributed by atoms with Gasteiger partial charge in [-0.05, 0) is 24.1 Å². The summed E-state index contributed by atoms with van der Waals surface area (Å²) in [4.78, 5) is 31.6. The number of carboxylic acid groups (broad SMARTS) is 1. The minimum atomic E-state index is -1.32. The summed E-state index contributed by atoms with van der Waals surface area (Å²) in [7, 11) is 0. The van der Waals surface area contributed by atoms with E-state index in [2.05, 4.69) is 15.3 Å². The maximum absolute atomic E-state index is 13.3. The molecule has 0 aliphatic rings. The molecule has 0 spiro atoms. The number of nitrogens with one attached hydrogen (secondary N) is 1. The zero-order valence-electron chi connectivity index (χ0n) is 13.7. The number of hydrogen-bond acceptors (Lipinski definition) is 6. The van der Waals surface area contributed by atoms with E-state index in [1.54, 1.807) is 13.0 Å². The fraction of sp³-hybridized carbons (Fsp3) is 0.125. The molecule has 134 valence electrons. The van der Waals surface area contributed by atoms with Crippen molar-refractivity contribution in [2.24, 2.45) is 0 Å². The molecule has 1 aromatic carbocycles. The molecule has 1 amide bonds. The Labute approximate surface area is 146 Å². The van der Waals surface area contributed by atoms with Gasteiger partial charge in [0.25, 0.3) is 5.91 Å². The third-order valence-corrected chi connectivity index (χ3v) is 3.77. The third-order valence-electron chi connectivity index (χ3n) is 3.77. The Kier molecular flexibility index (Phi) is 4.16. The second kappa shape index (κ2) is 6.31. The summed E-state index contributed by atoms with van der Waals surface area (Å²) in [6, 6.07) is 5.53. The van der Waals surface area contributed by atoms with Gasteiger partial charge < -0.3 is 21.9 Å². The quantitative estimate of drug-likeness (QED) is 0.543. The van der Waals surface area contributed by atoms with E-state index in [9.17, 15) is 19.1 Å². The summed E-state index contributed by atoms with van der Waals surface area (Å²) in [6.07, 6.45) is 0. The number of nitrogen functional groups attached to an aromatic ring is 2. The van der Waals surface area contributed by atoms with Gasteiger partial charge in [-0.25, -0.2) is 14.2 Å². The maximum Gasteiger partial charge on any atom is 0.353 e. The highest BCUT2D eigenvalue weighted by Gasteiger charge is 2.20. The Morgan fingerprint density at radius 3 is 2.65 bits per heavy atom. The molecule has 0 aliphatic carbocycles.